The highest BCUT2D eigenvalue weighted by Crippen LogP contribution is 2.48. The number of ether oxygens (including phenoxy) is 1. The SMILES string of the molecule is CC1(C)Cc2ccc(Cl)cc2C1OC(=O)C1CCN(c2cnccn2)CC1. The van der Waals surface area contributed by atoms with Gasteiger partial charge in [0.15, 0.2) is 0 Å². The summed E-state index contributed by atoms with van der Waals surface area (Å²) in [6, 6.07) is 5.90. The fourth-order valence-corrected chi connectivity index (χ4v) is 4.39. The number of rotatable bonds is 3. The van der Waals surface area contributed by atoms with E-state index in [-0.39, 0.29) is 23.4 Å². The van der Waals surface area contributed by atoms with E-state index in [9.17, 15) is 4.79 Å². The molecule has 2 aromatic rings. The van der Waals surface area contributed by atoms with Crippen LogP contribution in [0.1, 0.15) is 43.9 Å². The lowest BCUT2D eigenvalue weighted by Crippen LogP contribution is -2.38. The normalized spacial score (nSPS) is 21.7. The van der Waals surface area contributed by atoms with Gasteiger partial charge >= 0.3 is 5.97 Å². The number of anilines is 1. The maximum Gasteiger partial charge on any atom is 0.309 e. The zero-order chi connectivity index (χ0) is 19.0. The van der Waals surface area contributed by atoms with Crippen LogP contribution in [0.25, 0.3) is 0 Å². The average Bonchev–Trinajstić information content (AvgIpc) is 2.92. The first-order chi connectivity index (χ1) is 12.9. The first kappa shape index (κ1) is 18.2. The number of nitrogens with zero attached hydrogens (tertiary/aromatic N) is 3. The molecule has 0 saturated carbocycles. The van der Waals surface area contributed by atoms with Crippen molar-refractivity contribution in [3.05, 3.63) is 52.9 Å². The van der Waals surface area contributed by atoms with E-state index in [1.807, 2.05) is 18.2 Å². The molecule has 1 aromatic carbocycles. The zero-order valence-corrected chi connectivity index (χ0v) is 16.4. The summed E-state index contributed by atoms with van der Waals surface area (Å²) in [5, 5.41) is 0.685. The summed E-state index contributed by atoms with van der Waals surface area (Å²) in [7, 11) is 0. The molecule has 142 valence electrons. The molecular formula is C21H24ClN3O2. The fraction of sp³-hybridized carbons (Fsp3) is 0.476. The second kappa shape index (κ2) is 7.12. The molecule has 1 atom stereocenters. The maximum absolute atomic E-state index is 12.9. The first-order valence-electron chi connectivity index (χ1n) is 9.44. The lowest BCUT2D eigenvalue weighted by Gasteiger charge is -2.33. The van der Waals surface area contributed by atoms with Crippen LogP contribution < -0.4 is 4.90 Å². The minimum atomic E-state index is -0.239. The molecule has 0 spiro atoms. The van der Waals surface area contributed by atoms with Gasteiger partial charge in [0.05, 0.1) is 12.1 Å². The highest BCUT2D eigenvalue weighted by atomic mass is 35.5. The third-order valence-corrected chi connectivity index (χ3v) is 5.92. The van der Waals surface area contributed by atoms with Gasteiger partial charge in [-0.25, -0.2) is 4.98 Å². The van der Waals surface area contributed by atoms with Crippen molar-refractivity contribution in [1.29, 1.82) is 0 Å². The number of hydrogen-bond donors (Lipinski definition) is 0. The number of benzene rings is 1. The fourth-order valence-electron chi connectivity index (χ4n) is 4.21. The molecule has 0 radical (unpaired) electrons. The van der Waals surface area contributed by atoms with Crippen LogP contribution in [0.4, 0.5) is 5.82 Å². The molecule has 1 fully saturated rings. The Morgan fingerprint density at radius 1 is 1.26 bits per heavy atom. The third kappa shape index (κ3) is 3.65. The Morgan fingerprint density at radius 3 is 2.74 bits per heavy atom. The van der Waals surface area contributed by atoms with Crippen LogP contribution in [0, 0.1) is 11.3 Å². The van der Waals surface area contributed by atoms with Crippen LogP contribution in [0.2, 0.25) is 5.02 Å². The van der Waals surface area contributed by atoms with Gasteiger partial charge in [-0.2, -0.15) is 0 Å². The number of piperidine rings is 1. The molecule has 1 saturated heterocycles. The molecule has 2 aliphatic rings. The Hall–Kier alpha value is -2.14. The van der Waals surface area contributed by atoms with Crippen LogP contribution in [0.3, 0.4) is 0 Å². The predicted molar refractivity (Wildman–Crippen MR) is 105 cm³/mol. The van der Waals surface area contributed by atoms with Crippen molar-refractivity contribution in [3.8, 4) is 0 Å². The van der Waals surface area contributed by atoms with Gasteiger partial charge < -0.3 is 9.64 Å². The molecule has 1 aromatic heterocycles. The van der Waals surface area contributed by atoms with Gasteiger partial charge in [0.25, 0.3) is 0 Å². The molecule has 2 heterocycles. The predicted octanol–water partition coefficient (Wildman–Crippen LogP) is 4.21. The van der Waals surface area contributed by atoms with E-state index in [1.54, 1.807) is 18.6 Å². The second-order valence-corrected chi connectivity index (χ2v) is 8.59. The molecule has 1 unspecified atom stereocenters. The zero-order valence-electron chi connectivity index (χ0n) is 15.7. The van der Waals surface area contributed by atoms with Crippen molar-refractivity contribution in [2.24, 2.45) is 11.3 Å². The molecule has 1 aliphatic heterocycles. The monoisotopic (exact) mass is 385 g/mol. The van der Waals surface area contributed by atoms with Gasteiger partial charge in [0.2, 0.25) is 0 Å². The number of fused-ring (bicyclic) bond motifs is 1. The highest BCUT2D eigenvalue weighted by Gasteiger charge is 2.43. The summed E-state index contributed by atoms with van der Waals surface area (Å²) in [6.45, 7) is 5.87. The van der Waals surface area contributed by atoms with Crippen molar-refractivity contribution in [2.75, 3.05) is 18.0 Å². The Kier molecular flexibility index (Phi) is 4.81. The molecule has 0 amide bonds. The Labute approximate surface area is 164 Å². The minimum Gasteiger partial charge on any atom is -0.457 e. The Balaban J connectivity index is 1.42. The smallest absolute Gasteiger partial charge is 0.309 e. The largest absolute Gasteiger partial charge is 0.457 e. The molecule has 27 heavy (non-hydrogen) atoms. The van der Waals surface area contributed by atoms with Crippen molar-refractivity contribution < 1.29 is 9.53 Å². The molecule has 5 nitrogen and oxygen atoms in total. The van der Waals surface area contributed by atoms with Gasteiger partial charge in [0.1, 0.15) is 11.9 Å². The molecule has 6 heteroatoms. The van der Waals surface area contributed by atoms with Gasteiger partial charge in [-0.3, -0.25) is 9.78 Å². The quantitative estimate of drug-likeness (QED) is 0.740. The number of carbonyl (C=O) groups is 1. The number of esters is 1. The molecular weight excluding hydrogens is 362 g/mol. The number of halogens is 1. The Morgan fingerprint density at radius 2 is 2.04 bits per heavy atom. The van der Waals surface area contributed by atoms with Crippen LogP contribution in [0.5, 0.6) is 0 Å². The topological polar surface area (TPSA) is 55.3 Å². The summed E-state index contributed by atoms with van der Waals surface area (Å²) < 4.78 is 6.04. The van der Waals surface area contributed by atoms with Crippen molar-refractivity contribution in [3.63, 3.8) is 0 Å². The standard InChI is InChI=1S/C21H24ClN3O2/c1-21(2)12-15-3-4-16(22)11-17(15)19(21)27-20(26)14-5-9-25(10-6-14)18-13-23-7-8-24-18/h3-4,7-8,11,13-14,19H,5-6,9-10,12H2,1-2H3. The average molecular weight is 386 g/mol. The number of aromatic nitrogens is 2. The lowest BCUT2D eigenvalue weighted by atomic mass is 9.87. The van der Waals surface area contributed by atoms with E-state index < -0.39 is 0 Å². The third-order valence-electron chi connectivity index (χ3n) is 5.68. The summed E-state index contributed by atoms with van der Waals surface area (Å²) >= 11 is 6.18. The van der Waals surface area contributed by atoms with E-state index in [4.69, 9.17) is 16.3 Å². The van der Waals surface area contributed by atoms with Crippen molar-refractivity contribution >= 4 is 23.4 Å². The van der Waals surface area contributed by atoms with E-state index in [0.29, 0.717) is 5.02 Å². The van der Waals surface area contributed by atoms with E-state index in [1.165, 1.54) is 5.56 Å². The van der Waals surface area contributed by atoms with Crippen molar-refractivity contribution in [1.82, 2.24) is 9.97 Å². The number of hydrogen-bond acceptors (Lipinski definition) is 5. The molecule has 4 rings (SSSR count). The van der Waals surface area contributed by atoms with E-state index in [2.05, 4.69) is 28.7 Å². The minimum absolute atomic E-state index is 0.0723. The summed E-state index contributed by atoms with van der Waals surface area (Å²) in [5.41, 5.74) is 2.15. The van der Waals surface area contributed by atoms with Crippen LogP contribution >= 0.6 is 11.6 Å². The Bertz CT molecular complexity index is 833. The highest BCUT2D eigenvalue weighted by molar-refractivity contribution is 6.30. The summed E-state index contributed by atoms with van der Waals surface area (Å²) in [5.74, 6) is 0.696. The van der Waals surface area contributed by atoms with Gasteiger partial charge in [-0.15, -0.1) is 0 Å². The molecule has 0 bridgehead atoms. The van der Waals surface area contributed by atoms with Gasteiger partial charge in [-0.05, 0) is 42.5 Å². The van der Waals surface area contributed by atoms with Crippen molar-refractivity contribution in [2.45, 2.75) is 39.2 Å². The lowest BCUT2D eigenvalue weighted by molar-refractivity contribution is -0.160. The summed E-state index contributed by atoms with van der Waals surface area (Å²) in [4.78, 5) is 23.5. The van der Waals surface area contributed by atoms with Crippen LogP contribution in [-0.4, -0.2) is 29.0 Å². The van der Waals surface area contributed by atoms with Gasteiger partial charge in [-0.1, -0.05) is 31.5 Å². The second-order valence-electron chi connectivity index (χ2n) is 8.15. The van der Waals surface area contributed by atoms with Crippen LogP contribution in [0.15, 0.2) is 36.8 Å². The maximum atomic E-state index is 12.9. The first-order valence-corrected chi connectivity index (χ1v) is 9.81. The molecule has 1 aliphatic carbocycles. The van der Waals surface area contributed by atoms with Gasteiger partial charge in [0, 0.05) is 35.9 Å². The summed E-state index contributed by atoms with van der Waals surface area (Å²) in [6.07, 6.45) is 7.32. The van der Waals surface area contributed by atoms with Crippen LogP contribution in [-0.2, 0) is 16.0 Å². The molecule has 0 N–H and O–H groups in total. The number of carbonyl (C=O) groups excluding carboxylic acids is 1. The van der Waals surface area contributed by atoms with E-state index >= 15 is 0 Å². The van der Waals surface area contributed by atoms with E-state index in [0.717, 1.165) is 43.7 Å².